The Morgan fingerprint density at radius 2 is 2.03 bits per heavy atom. The topological polar surface area (TPSA) is 87.5 Å². The Hall–Kier alpha value is -3.09. The molecule has 2 aliphatic heterocycles. The molecule has 1 atom stereocenters. The van der Waals surface area contributed by atoms with E-state index in [0.717, 1.165) is 5.76 Å². The van der Waals surface area contributed by atoms with Crippen LogP contribution in [-0.4, -0.2) is 76.4 Å². The predicted octanol–water partition coefficient (Wildman–Crippen LogP) is 2.67. The third-order valence-corrected chi connectivity index (χ3v) is 5.16. The molecular weight excluding hydrogens is 457 g/mol. The number of cyclic esters (lactones) is 1. The van der Waals surface area contributed by atoms with Crippen molar-refractivity contribution in [3.8, 4) is 0 Å². The van der Waals surface area contributed by atoms with Gasteiger partial charge in [-0.1, -0.05) is 0 Å². The maximum absolute atomic E-state index is 14.9. The quantitative estimate of drug-likeness (QED) is 0.601. The average molecular weight is 484 g/mol. The normalized spacial score (nSPS) is 19.0. The summed E-state index contributed by atoms with van der Waals surface area (Å²) in [5, 5.41) is 4.81. The molecule has 1 N–H and O–H groups in total. The fraction of sp³-hybridized carbons (Fsp3) is 0.455. The van der Waals surface area contributed by atoms with Crippen LogP contribution in [0.25, 0.3) is 0 Å². The van der Waals surface area contributed by atoms with Crippen LogP contribution in [-0.2, 0) is 20.9 Å². The van der Waals surface area contributed by atoms with E-state index < -0.39 is 18.8 Å². The van der Waals surface area contributed by atoms with Gasteiger partial charge >= 0.3 is 6.09 Å². The molecule has 1 aromatic carbocycles. The number of hydrogen-bond acceptors (Lipinski definition) is 8. The van der Waals surface area contributed by atoms with Crippen LogP contribution < -0.4 is 15.1 Å². The van der Waals surface area contributed by atoms with E-state index in [4.69, 9.17) is 18.8 Å². The van der Waals surface area contributed by atoms with E-state index in [9.17, 15) is 18.0 Å². The van der Waals surface area contributed by atoms with Gasteiger partial charge in [0.05, 0.1) is 37.3 Å². The van der Waals surface area contributed by atoms with Crippen molar-refractivity contribution in [1.82, 2.24) is 10.4 Å². The summed E-state index contributed by atoms with van der Waals surface area (Å²) in [7, 11) is 1.80. The van der Waals surface area contributed by atoms with E-state index in [2.05, 4.69) is 5.32 Å². The lowest BCUT2D eigenvalue weighted by Gasteiger charge is -2.24. The Morgan fingerprint density at radius 1 is 1.24 bits per heavy atom. The van der Waals surface area contributed by atoms with Crippen molar-refractivity contribution < 1.29 is 36.8 Å². The predicted molar refractivity (Wildman–Crippen MR) is 117 cm³/mol. The Kier molecular flexibility index (Phi) is 9.31. The number of rotatable bonds is 7. The van der Waals surface area contributed by atoms with Crippen LogP contribution in [0.15, 0.2) is 41.0 Å². The standard InChI is InChI=1S/C20H25FN4O4.C2H2F2O/c1-22-12-17-14-25(20(26)29-17)15-4-5-19(18(21)11-15)23-6-7-24(28-10-8-23)13-16-3-2-9-27-16;3-2(4)1-5/h2-5,9,11,17,22H,6-8,10,12-14H2,1H3;1-2H/t17-;/m0./s1. The highest BCUT2D eigenvalue weighted by molar-refractivity contribution is 5.90. The minimum absolute atomic E-state index is 0.238. The lowest BCUT2D eigenvalue weighted by molar-refractivity contribution is -0.157. The first kappa shape index (κ1) is 25.5. The van der Waals surface area contributed by atoms with E-state index in [1.165, 1.54) is 11.0 Å². The number of furan rings is 1. The summed E-state index contributed by atoms with van der Waals surface area (Å²) in [6.45, 7) is 3.77. The number of amides is 1. The number of halogens is 3. The second kappa shape index (κ2) is 12.4. The maximum atomic E-state index is 14.9. The van der Waals surface area contributed by atoms with Gasteiger partial charge in [0.1, 0.15) is 17.7 Å². The van der Waals surface area contributed by atoms with Crippen LogP contribution in [0.2, 0.25) is 0 Å². The van der Waals surface area contributed by atoms with Crippen molar-refractivity contribution in [3.63, 3.8) is 0 Å². The second-order valence-corrected chi connectivity index (χ2v) is 7.54. The maximum Gasteiger partial charge on any atom is 0.414 e. The highest BCUT2D eigenvalue weighted by Crippen LogP contribution is 2.28. The van der Waals surface area contributed by atoms with Gasteiger partial charge in [-0.25, -0.2) is 18.0 Å². The highest BCUT2D eigenvalue weighted by Gasteiger charge is 2.32. The zero-order valence-electron chi connectivity index (χ0n) is 18.7. The smallest absolute Gasteiger partial charge is 0.414 e. The second-order valence-electron chi connectivity index (χ2n) is 7.54. The van der Waals surface area contributed by atoms with Gasteiger partial charge in [0, 0.05) is 26.2 Å². The largest absolute Gasteiger partial charge is 0.468 e. The van der Waals surface area contributed by atoms with Crippen LogP contribution >= 0.6 is 0 Å². The first-order valence-corrected chi connectivity index (χ1v) is 10.7. The highest BCUT2D eigenvalue weighted by atomic mass is 19.3. The number of alkyl halides is 2. The Bertz CT molecular complexity index is 931. The monoisotopic (exact) mass is 484 g/mol. The summed E-state index contributed by atoms with van der Waals surface area (Å²) in [5.74, 6) is 0.454. The summed E-state index contributed by atoms with van der Waals surface area (Å²) in [5.41, 5.74) is 0.997. The van der Waals surface area contributed by atoms with Crippen LogP contribution in [0, 0.1) is 5.82 Å². The van der Waals surface area contributed by atoms with Crippen molar-refractivity contribution in [2.24, 2.45) is 0 Å². The zero-order valence-corrected chi connectivity index (χ0v) is 18.7. The van der Waals surface area contributed by atoms with E-state index >= 15 is 0 Å². The number of nitrogens with one attached hydrogen (secondary N) is 1. The molecule has 1 aromatic heterocycles. The average Bonchev–Trinajstić information content (AvgIpc) is 3.39. The molecule has 2 aliphatic rings. The Labute approximate surface area is 194 Å². The van der Waals surface area contributed by atoms with E-state index in [1.807, 2.05) is 22.1 Å². The van der Waals surface area contributed by atoms with Gasteiger partial charge in [-0.15, -0.1) is 0 Å². The molecule has 0 aliphatic carbocycles. The van der Waals surface area contributed by atoms with Crippen molar-refractivity contribution in [3.05, 3.63) is 48.2 Å². The molecule has 0 radical (unpaired) electrons. The number of anilines is 2. The van der Waals surface area contributed by atoms with Crippen molar-refractivity contribution in [1.29, 1.82) is 0 Å². The van der Waals surface area contributed by atoms with Gasteiger partial charge in [0.25, 0.3) is 6.43 Å². The number of carbonyl (C=O) groups excluding carboxylic acids is 2. The molecule has 12 heteroatoms. The molecule has 9 nitrogen and oxygen atoms in total. The fourth-order valence-corrected chi connectivity index (χ4v) is 3.62. The number of aldehydes is 1. The molecule has 3 heterocycles. The van der Waals surface area contributed by atoms with E-state index in [1.54, 1.807) is 25.4 Å². The SMILES string of the molecule is CNC[C@H]1CN(c2ccc(N3CCON(Cc4ccco4)CC3)c(F)c2)C(=O)O1.O=CC(F)F. The van der Waals surface area contributed by atoms with E-state index in [0.29, 0.717) is 57.3 Å². The van der Waals surface area contributed by atoms with Crippen molar-refractivity contribution in [2.75, 3.05) is 56.2 Å². The van der Waals surface area contributed by atoms with Crippen LogP contribution in [0.5, 0.6) is 0 Å². The van der Waals surface area contributed by atoms with Crippen LogP contribution in [0.3, 0.4) is 0 Å². The van der Waals surface area contributed by atoms with Gasteiger partial charge in [-0.05, 0) is 37.4 Å². The fourth-order valence-electron chi connectivity index (χ4n) is 3.62. The number of carbonyl (C=O) groups is 2. The van der Waals surface area contributed by atoms with Crippen LogP contribution in [0.1, 0.15) is 5.76 Å². The summed E-state index contributed by atoms with van der Waals surface area (Å²) in [4.78, 5) is 30.0. The number of hydroxylamine groups is 2. The van der Waals surface area contributed by atoms with Gasteiger partial charge in [-0.2, -0.15) is 5.06 Å². The molecule has 2 aromatic rings. The first-order valence-electron chi connectivity index (χ1n) is 10.7. The summed E-state index contributed by atoms with van der Waals surface area (Å²) in [6, 6.07) is 8.60. The molecule has 0 spiro atoms. The summed E-state index contributed by atoms with van der Waals surface area (Å²) < 4.78 is 46.3. The third kappa shape index (κ3) is 6.95. The van der Waals surface area contributed by atoms with E-state index in [-0.39, 0.29) is 11.9 Å². The molecule has 186 valence electrons. The lowest BCUT2D eigenvalue weighted by Crippen LogP contribution is -2.31. The van der Waals surface area contributed by atoms with Gasteiger partial charge in [-0.3, -0.25) is 14.5 Å². The minimum atomic E-state index is -2.80. The number of nitrogens with zero attached hydrogens (tertiary/aromatic N) is 3. The number of hydrogen-bond donors (Lipinski definition) is 1. The summed E-state index contributed by atoms with van der Waals surface area (Å²) in [6.07, 6.45) is -2.27. The Balaban J connectivity index is 0.000000588. The van der Waals surface area contributed by atoms with Crippen molar-refractivity contribution in [2.45, 2.75) is 19.1 Å². The number of ether oxygens (including phenoxy) is 1. The van der Waals surface area contributed by atoms with Gasteiger partial charge in [0.2, 0.25) is 0 Å². The van der Waals surface area contributed by atoms with Gasteiger partial charge < -0.3 is 19.4 Å². The zero-order chi connectivity index (χ0) is 24.5. The molecule has 34 heavy (non-hydrogen) atoms. The van der Waals surface area contributed by atoms with Crippen LogP contribution in [0.4, 0.5) is 29.3 Å². The molecule has 1 amide bonds. The third-order valence-electron chi connectivity index (χ3n) is 5.16. The minimum Gasteiger partial charge on any atom is -0.468 e. The lowest BCUT2D eigenvalue weighted by atomic mass is 10.2. The molecule has 2 saturated heterocycles. The number of likely N-dealkylation sites (N-methyl/N-ethyl adjacent to an activating group) is 1. The molecule has 0 bridgehead atoms. The molecule has 0 saturated carbocycles. The Morgan fingerprint density at radius 3 is 2.68 bits per heavy atom. The van der Waals surface area contributed by atoms with Crippen molar-refractivity contribution >= 4 is 23.8 Å². The molecular formula is C22H27F3N4O5. The first-order chi connectivity index (χ1) is 16.4. The number of benzene rings is 1. The molecule has 4 rings (SSSR count). The molecule has 0 unspecified atom stereocenters. The summed E-state index contributed by atoms with van der Waals surface area (Å²) >= 11 is 0. The van der Waals surface area contributed by atoms with Gasteiger partial charge in [0.15, 0.2) is 6.29 Å². The molecule has 2 fully saturated rings.